The van der Waals surface area contributed by atoms with Crippen LogP contribution in [-0.2, 0) is 9.53 Å². The maximum Gasteiger partial charge on any atom is 0.252 e. The molecule has 76 valence electrons. The van der Waals surface area contributed by atoms with Crippen LogP contribution in [0, 0.1) is 0 Å². The molecule has 3 nitrogen and oxygen atoms in total. The van der Waals surface area contributed by atoms with Crippen molar-refractivity contribution in [1.82, 2.24) is 5.32 Å². The van der Waals surface area contributed by atoms with Crippen molar-refractivity contribution in [3.63, 3.8) is 0 Å². The number of carbonyl (C=O) groups excluding carboxylic acids is 1. The second-order valence-corrected chi connectivity index (χ2v) is 4.00. The first-order chi connectivity index (χ1) is 6.77. The van der Waals surface area contributed by atoms with Gasteiger partial charge in [-0.2, -0.15) is 0 Å². The van der Waals surface area contributed by atoms with E-state index in [1.807, 2.05) is 0 Å². The molecule has 1 N–H and O–H groups in total. The molecule has 0 bridgehead atoms. The van der Waals surface area contributed by atoms with Gasteiger partial charge in [-0.1, -0.05) is 6.58 Å². The van der Waals surface area contributed by atoms with Crippen molar-refractivity contribution in [1.29, 1.82) is 0 Å². The molecule has 2 atom stereocenters. The molecule has 1 saturated carbocycles. The van der Waals surface area contributed by atoms with Crippen LogP contribution in [0.25, 0.3) is 0 Å². The lowest BCUT2D eigenvalue weighted by Crippen LogP contribution is -2.50. The molecule has 1 saturated heterocycles. The molecule has 14 heavy (non-hydrogen) atoms. The van der Waals surface area contributed by atoms with Gasteiger partial charge in [-0.15, -0.1) is 5.73 Å². The van der Waals surface area contributed by atoms with Gasteiger partial charge < -0.3 is 10.1 Å². The quantitative estimate of drug-likeness (QED) is 0.528. The monoisotopic (exact) mass is 193 g/mol. The van der Waals surface area contributed by atoms with Crippen LogP contribution in [0.3, 0.4) is 0 Å². The van der Waals surface area contributed by atoms with Gasteiger partial charge in [-0.25, -0.2) is 0 Å². The molecular weight excluding hydrogens is 178 g/mol. The van der Waals surface area contributed by atoms with E-state index in [2.05, 4.69) is 17.6 Å². The van der Waals surface area contributed by atoms with E-state index in [1.165, 1.54) is 6.08 Å². The van der Waals surface area contributed by atoms with Gasteiger partial charge in [0.05, 0.1) is 11.6 Å². The lowest BCUT2D eigenvalue weighted by Gasteiger charge is -2.28. The first-order valence-corrected chi connectivity index (χ1v) is 5.06. The molecule has 1 amide bonds. The van der Waals surface area contributed by atoms with Gasteiger partial charge in [-0.3, -0.25) is 4.79 Å². The Bertz CT molecular complexity index is 282. The van der Waals surface area contributed by atoms with E-state index in [0.717, 1.165) is 32.3 Å². The van der Waals surface area contributed by atoms with E-state index >= 15 is 0 Å². The highest BCUT2D eigenvalue weighted by molar-refractivity contribution is 5.88. The number of hydrogen-bond acceptors (Lipinski definition) is 2. The van der Waals surface area contributed by atoms with Gasteiger partial charge in [0, 0.05) is 12.7 Å². The van der Waals surface area contributed by atoms with Crippen LogP contribution in [0.15, 0.2) is 18.4 Å². The van der Waals surface area contributed by atoms with E-state index in [0.29, 0.717) is 0 Å². The third-order valence-corrected chi connectivity index (χ3v) is 3.18. The fourth-order valence-corrected chi connectivity index (χ4v) is 2.53. The van der Waals surface area contributed by atoms with E-state index in [1.54, 1.807) is 0 Å². The third-order valence-electron chi connectivity index (χ3n) is 3.18. The van der Waals surface area contributed by atoms with E-state index < -0.39 is 0 Å². The van der Waals surface area contributed by atoms with E-state index in [9.17, 15) is 4.79 Å². The number of ether oxygens (including phenoxy) is 1. The van der Waals surface area contributed by atoms with Crippen molar-refractivity contribution in [2.75, 3.05) is 6.61 Å². The van der Waals surface area contributed by atoms with Crippen LogP contribution in [-0.4, -0.2) is 24.2 Å². The van der Waals surface area contributed by atoms with Gasteiger partial charge in [0.2, 0.25) is 0 Å². The zero-order valence-electron chi connectivity index (χ0n) is 8.21. The van der Waals surface area contributed by atoms with Gasteiger partial charge >= 0.3 is 0 Å². The summed E-state index contributed by atoms with van der Waals surface area (Å²) in [6.07, 6.45) is 5.76. The largest absolute Gasteiger partial charge is 0.376 e. The maximum absolute atomic E-state index is 11.4. The molecule has 0 unspecified atom stereocenters. The lowest BCUT2D eigenvalue weighted by atomic mass is 9.93. The predicted molar refractivity (Wildman–Crippen MR) is 52.8 cm³/mol. The van der Waals surface area contributed by atoms with Gasteiger partial charge in [0.1, 0.15) is 0 Å². The number of rotatable bonds is 2. The Hall–Kier alpha value is -1.05. The Kier molecular flexibility index (Phi) is 2.44. The van der Waals surface area contributed by atoms with Gasteiger partial charge in [-0.05, 0) is 25.7 Å². The summed E-state index contributed by atoms with van der Waals surface area (Å²) >= 11 is 0. The lowest BCUT2D eigenvalue weighted by molar-refractivity contribution is -0.118. The summed E-state index contributed by atoms with van der Waals surface area (Å²) < 4.78 is 5.59. The number of carbonyl (C=O) groups is 1. The second kappa shape index (κ2) is 3.60. The third kappa shape index (κ3) is 1.49. The minimum atomic E-state index is -0.0996. The summed E-state index contributed by atoms with van der Waals surface area (Å²) in [5.74, 6) is -0.0996. The van der Waals surface area contributed by atoms with E-state index in [-0.39, 0.29) is 17.6 Å². The first-order valence-electron chi connectivity index (χ1n) is 5.06. The summed E-state index contributed by atoms with van der Waals surface area (Å²) in [4.78, 5) is 11.4. The average Bonchev–Trinajstić information content (AvgIpc) is 2.62. The summed E-state index contributed by atoms with van der Waals surface area (Å²) in [5, 5.41) is 3.03. The van der Waals surface area contributed by atoms with Crippen LogP contribution >= 0.6 is 0 Å². The van der Waals surface area contributed by atoms with E-state index in [4.69, 9.17) is 4.74 Å². The van der Waals surface area contributed by atoms with Crippen LogP contribution in [0.2, 0.25) is 0 Å². The smallest absolute Gasteiger partial charge is 0.252 e. The Morgan fingerprint density at radius 1 is 1.64 bits per heavy atom. The van der Waals surface area contributed by atoms with Crippen LogP contribution < -0.4 is 5.32 Å². The molecule has 0 radical (unpaired) electrons. The molecule has 1 heterocycles. The molecule has 2 aliphatic rings. The number of hydrogen-bond donors (Lipinski definition) is 1. The van der Waals surface area contributed by atoms with Gasteiger partial charge in [0.25, 0.3) is 5.91 Å². The molecule has 0 spiro atoms. The fourth-order valence-electron chi connectivity index (χ4n) is 2.53. The molecule has 0 aromatic heterocycles. The molecule has 0 aromatic rings. The molecule has 0 aromatic carbocycles. The highest BCUT2D eigenvalue weighted by Crippen LogP contribution is 2.39. The number of nitrogens with one attached hydrogen (secondary N) is 1. The summed E-state index contributed by atoms with van der Waals surface area (Å²) in [6, 6.07) is 0. The first kappa shape index (κ1) is 9.50. The second-order valence-electron chi connectivity index (χ2n) is 4.00. The van der Waals surface area contributed by atoms with Gasteiger partial charge in [0.15, 0.2) is 0 Å². The highest BCUT2D eigenvalue weighted by Gasteiger charge is 2.48. The molecule has 3 heteroatoms. The number of amides is 1. The Morgan fingerprint density at radius 2 is 2.50 bits per heavy atom. The molecular formula is C11H15NO2. The fraction of sp³-hybridized carbons (Fsp3) is 0.636. The minimum absolute atomic E-state index is 0.0928. The SMILES string of the molecule is C=C=CC(=O)N[C@]12CCC[C@H]1OCC2. The number of fused-ring (bicyclic) bond motifs is 1. The molecule has 2 rings (SSSR count). The highest BCUT2D eigenvalue weighted by atomic mass is 16.5. The zero-order valence-corrected chi connectivity index (χ0v) is 8.21. The van der Waals surface area contributed by atoms with Crippen LogP contribution in [0.4, 0.5) is 0 Å². The average molecular weight is 193 g/mol. The topological polar surface area (TPSA) is 38.3 Å². The Morgan fingerprint density at radius 3 is 3.29 bits per heavy atom. The van der Waals surface area contributed by atoms with Crippen molar-refractivity contribution in [2.45, 2.75) is 37.3 Å². The van der Waals surface area contributed by atoms with Crippen molar-refractivity contribution in [3.8, 4) is 0 Å². The normalized spacial score (nSPS) is 34.7. The van der Waals surface area contributed by atoms with Crippen molar-refractivity contribution < 1.29 is 9.53 Å². The molecule has 2 fully saturated rings. The van der Waals surface area contributed by atoms with Crippen LogP contribution in [0.5, 0.6) is 0 Å². The van der Waals surface area contributed by atoms with Crippen molar-refractivity contribution in [3.05, 3.63) is 18.4 Å². The Labute approximate surface area is 83.8 Å². The standard InChI is InChI=1S/C11H15NO2/c1-2-4-10(13)12-11-6-3-5-9(11)14-8-7-11/h4,9H,1,3,5-8H2,(H,12,13)/t9-,11+/m1/s1. The Balaban J connectivity index is 2.07. The summed E-state index contributed by atoms with van der Waals surface area (Å²) in [5.41, 5.74) is 2.40. The summed E-state index contributed by atoms with van der Waals surface area (Å²) in [7, 11) is 0. The van der Waals surface area contributed by atoms with Crippen molar-refractivity contribution in [2.24, 2.45) is 0 Å². The van der Waals surface area contributed by atoms with Crippen molar-refractivity contribution >= 4 is 5.91 Å². The molecule has 1 aliphatic carbocycles. The molecule has 1 aliphatic heterocycles. The van der Waals surface area contributed by atoms with Crippen LogP contribution in [0.1, 0.15) is 25.7 Å². The predicted octanol–water partition coefficient (Wildman–Crippen LogP) is 1.16. The minimum Gasteiger partial charge on any atom is -0.376 e. The maximum atomic E-state index is 11.4. The summed E-state index contributed by atoms with van der Waals surface area (Å²) in [6.45, 7) is 4.15. The zero-order chi connectivity index (χ0) is 10.0.